The Morgan fingerprint density at radius 1 is 1.13 bits per heavy atom. The molecule has 2 heterocycles. The normalized spacial score (nSPS) is 14.4. The van der Waals surface area contributed by atoms with Gasteiger partial charge in [0, 0.05) is 6.54 Å². The van der Waals surface area contributed by atoms with Crippen molar-refractivity contribution in [2.45, 2.75) is 25.7 Å². The fourth-order valence-electron chi connectivity index (χ4n) is 3.76. The number of nitriles is 1. The summed E-state index contributed by atoms with van der Waals surface area (Å²) in [6, 6.07) is 17.6. The number of benzene rings is 2. The predicted molar refractivity (Wildman–Crippen MR) is 125 cm³/mol. The summed E-state index contributed by atoms with van der Waals surface area (Å²) in [5, 5.41) is 14.6. The first-order valence-corrected chi connectivity index (χ1v) is 10.3. The number of allylic oxidation sites excluding steroid dienone is 1. The molecular formula is C24H28ClN3O3. The van der Waals surface area contributed by atoms with E-state index in [1.807, 2.05) is 54.6 Å². The van der Waals surface area contributed by atoms with Crippen LogP contribution in [0.2, 0.25) is 0 Å². The van der Waals surface area contributed by atoms with Crippen LogP contribution < -0.4 is 4.74 Å². The van der Waals surface area contributed by atoms with Crippen molar-refractivity contribution in [2.24, 2.45) is 0 Å². The van der Waals surface area contributed by atoms with Crippen LogP contribution in [-0.2, 0) is 0 Å². The molecule has 6 nitrogen and oxygen atoms in total. The standard InChI is InChI=1S/C24H25N3O2.ClH.H2O/c25-18-20(24-22-10-2-3-11-23(22)29-26-24)16-19-8-6-9-21(17-19)28-15-7-14-27-12-4-1-5-13-27;;/h2-3,6,8-11,16-17H,1,4-5,7,12-15H2;1H;1H2/b20-16+;;. The van der Waals surface area contributed by atoms with Crippen molar-refractivity contribution in [1.82, 2.24) is 10.1 Å². The molecule has 0 amide bonds. The first-order valence-electron chi connectivity index (χ1n) is 10.3. The molecule has 4 rings (SSSR count). The second-order valence-corrected chi connectivity index (χ2v) is 7.37. The van der Waals surface area contributed by atoms with E-state index in [0.717, 1.165) is 29.7 Å². The van der Waals surface area contributed by atoms with E-state index in [9.17, 15) is 5.26 Å². The van der Waals surface area contributed by atoms with Crippen LogP contribution in [-0.4, -0.2) is 41.8 Å². The van der Waals surface area contributed by atoms with Crippen LogP contribution in [0.4, 0.5) is 0 Å². The Morgan fingerprint density at radius 2 is 1.94 bits per heavy atom. The SMILES string of the molecule is Cl.N#C/C(=C\c1cccc(OCCCN2CCCCC2)c1)c1noc2ccccc12.O. The molecule has 0 radical (unpaired) electrons. The Morgan fingerprint density at radius 3 is 2.74 bits per heavy atom. The van der Waals surface area contributed by atoms with E-state index in [0.29, 0.717) is 23.5 Å². The summed E-state index contributed by atoms with van der Waals surface area (Å²) in [6.45, 7) is 4.22. The van der Waals surface area contributed by atoms with Crippen LogP contribution >= 0.6 is 12.4 Å². The minimum atomic E-state index is 0. The number of nitrogens with zero attached hydrogens (tertiary/aromatic N) is 3. The Bertz CT molecular complexity index is 1040. The zero-order chi connectivity index (χ0) is 19.9. The third-order valence-corrected chi connectivity index (χ3v) is 5.26. The van der Waals surface area contributed by atoms with Crippen molar-refractivity contribution < 1.29 is 14.7 Å². The quantitative estimate of drug-likeness (QED) is 0.389. The molecule has 1 aliphatic rings. The number of para-hydroxylation sites is 1. The summed E-state index contributed by atoms with van der Waals surface area (Å²) in [5.41, 5.74) is 2.62. The van der Waals surface area contributed by atoms with E-state index in [4.69, 9.17) is 9.26 Å². The highest BCUT2D eigenvalue weighted by Gasteiger charge is 2.12. The van der Waals surface area contributed by atoms with Crippen molar-refractivity contribution in [3.05, 3.63) is 59.8 Å². The molecule has 164 valence electrons. The van der Waals surface area contributed by atoms with Crippen LogP contribution in [0.1, 0.15) is 36.9 Å². The van der Waals surface area contributed by atoms with Gasteiger partial charge in [-0.15, -0.1) is 12.4 Å². The smallest absolute Gasteiger partial charge is 0.167 e. The lowest BCUT2D eigenvalue weighted by atomic mass is 10.1. The zero-order valence-electron chi connectivity index (χ0n) is 17.4. The second-order valence-electron chi connectivity index (χ2n) is 7.37. The van der Waals surface area contributed by atoms with Crippen LogP contribution in [0.3, 0.4) is 0 Å². The monoisotopic (exact) mass is 441 g/mol. The van der Waals surface area contributed by atoms with Gasteiger partial charge in [-0.2, -0.15) is 5.26 Å². The molecule has 0 spiro atoms. The lowest BCUT2D eigenvalue weighted by molar-refractivity contribution is 0.205. The lowest BCUT2D eigenvalue weighted by Gasteiger charge is -2.26. The molecule has 0 unspecified atom stereocenters. The largest absolute Gasteiger partial charge is 0.494 e. The summed E-state index contributed by atoms with van der Waals surface area (Å²) in [5.74, 6) is 0.819. The molecule has 0 aliphatic carbocycles. The number of ether oxygens (including phenoxy) is 1. The first kappa shape index (κ1) is 24.4. The molecule has 7 heteroatoms. The Kier molecular flexibility index (Phi) is 9.54. The average Bonchev–Trinajstić information content (AvgIpc) is 3.20. The zero-order valence-corrected chi connectivity index (χ0v) is 18.2. The van der Waals surface area contributed by atoms with Gasteiger partial charge in [-0.3, -0.25) is 0 Å². The van der Waals surface area contributed by atoms with Crippen molar-refractivity contribution in [2.75, 3.05) is 26.2 Å². The Hall–Kier alpha value is -2.85. The van der Waals surface area contributed by atoms with Crippen molar-refractivity contribution in [1.29, 1.82) is 5.26 Å². The maximum Gasteiger partial charge on any atom is 0.167 e. The second kappa shape index (κ2) is 12.1. The predicted octanol–water partition coefficient (Wildman–Crippen LogP) is 4.74. The molecule has 1 saturated heterocycles. The number of aromatic nitrogens is 1. The molecule has 0 saturated carbocycles. The maximum absolute atomic E-state index is 9.65. The molecule has 1 fully saturated rings. The minimum absolute atomic E-state index is 0. The van der Waals surface area contributed by atoms with Gasteiger partial charge in [-0.25, -0.2) is 0 Å². The molecule has 2 aromatic carbocycles. The number of likely N-dealkylation sites (tertiary alicyclic amines) is 1. The van der Waals surface area contributed by atoms with Gasteiger partial charge >= 0.3 is 0 Å². The van der Waals surface area contributed by atoms with Gasteiger partial charge in [-0.1, -0.05) is 35.8 Å². The summed E-state index contributed by atoms with van der Waals surface area (Å²) in [7, 11) is 0. The van der Waals surface area contributed by atoms with E-state index in [1.54, 1.807) is 0 Å². The van der Waals surface area contributed by atoms with Crippen molar-refractivity contribution >= 4 is 35.0 Å². The third-order valence-electron chi connectivity index (χ3n) is 5.26. The highest BCUT2D eigenvalue weighted by molar-refractivity contribution is 5.98. The van der Waals surface area contributed by atoms with Crippen molar-refractivity contribution in [3.63, 3.8) is 0 Å². The van der Waals surface area contributed by atoms with Gasteiger partial charge in [0.05, 0.1) is 17.6 Å². The van der Waals surface area contributed by atoms with Gasteiger partial charge < -0.3 is 19.6 Å². The van der Waals surface area contributed by atoms with Gasteiger partial charge in [-0.05, 0) is 68.3 Å². The molecule has 0 atom stereocenters. The number of hydrogen-bond acceptors (Lipinski definition) is 5. The number of halogens is 1. The van der Waals surface area contributed by atoms with Crippen LogP contribution in [0.25, 0.3) is 22.6 Å². The number of rotatable bonds is 7. The summed E-state index contributed by atoms with van der Waals surface area (Å²) < 4.78 is 11.3. The molecule has 2 N–H and O–H groups in total. The molecule has 1 aromatic heterocycles. The van der Waals surface area contributed by atoms with Crippen LogP contribution in [0.5, 0.6) is 5.75 Å². The highest BCUT2D eigenvalue weighted by atomic mass is 35.5. The number of piperidine rings is 1. The Labute approximate surface area is 188 Å². The summed E-state index contributed by atoms with van der Waals surface area (Å²) >= 11 is 0. The fourth-order valence-corrected chi connectivity index (χ4v) is 3.76. The topological polar surface area (TPSA) is 93.8 Å². The van der Waals surface area contributed by atoms with Crippen molar-refractivity contribution in [3.8, 4) is 11.8 Å². The molecular weight excluding hydrogens is 414 g/mol. The molecule has 31 heavy (non-hydrogen) atoms. The molecule has 0 bridgehead atoms. The van der Waals surface area contributed by atoms with Gasteiger partial charge in [0.2, 0.25) is 0 Å². The van der Waals surface area contributed by atoms with E-state index in [-0.39, 0.29) is 17.9 Å². The van der Waals surface area contributed by atoms with E-state index in [2.05, 4.69) is 16.1 Å². The maximum atomic E-state index is 9.65. The molecule has 1 aliphatic heterocycles. The van der Waals surface area contributed by atoms with Gasteiger partial charge in [0.25, 0.3) is 0 Å². The van der Waals surface area contributed by atoms with Crippen LogP contribution in [0.15, 0.2) is 53.1 Å². The third kappa shape index (κ3) is 6.31. The minimum Gasteiger partial charge on any atom is -0.494 e. The summed E-state index contributed by atoms with van der Waals surface area (Å²) in [6.07, 6.45) is 6.84. The first-order chi connectivity index (χ1) is 14.3. The highest BCUT2D eigenvalue weighted by Crippen LogP contribution is 2.26. The van der Waals surface area contributed by atoms with E-state index >= 15 is 0 Å². The molecule has 3 aromatic rings. The van der Waals surface area contributed by atoms with Gasteiger partial charge in [0.1, 0.15) is 17.5 Å². The van der Waals surface area contributed by atoms with Crippen LogP contribution in [0, 0.1) is 11.3 Å². The van der Waals surface area contributed by atoms with E-state index < -0.39 is 0 Å². The summed E-state index contributed by atoms with van der Waals surface area (Å²) in [4.78, 5) is 2.52. The average molecular weight is 442 g/mol. The van der Waals surface area contributed by atoms with E-state index in [1.165, 1.54) is 32.4 Å². The number of fused-ring (bicyclic) bond motifs is 1. The Balaban J connectivity index is 0.00000171. The lowest BCUT2D eigenvalue weighted by Crippen LogP contribution is -2.31. The fraction of sp³-hybridized carbons (Fsp3) is 0.333. The van der Waals surface area contributed by atoms with Gasteiger partial charge in [0.15, 0.2) is 5.58 Å². The number of hydrogen-bond donors (Lipinski definition) is 0.